The number of carbonyl (C=O) groups excluding carboxylic acids is 1. The largest absolute Gasteiger partial charge is 0.368 e. The Labute approximate surface area is 125 Å². The zero-order chi connectivity index (χ0) is 15.3. The van der Waals surface area contributed by atoms with Gasteiger partial charge in [0.1, 0.15) is 22.9 Å². The van der Waals surface area contributed by atoms with Gasteiger partial charge in [0.15, 0.2) is 0 Å². The number of rotatable bonds is 8. The van der Waals surface area contributed by atoms with E-state index in [9.17, 15) is 4.79 Å². The van der Waals surface area contributed by atoms with Crippen molar-refractivity contribution in [2.24, 2.45) is 0 Å². The molecule has 120 valence electrons. The fourth-order valence-corrected chi connectivity index (χ4v) is 2.28. The number of amides is 1. The third-order valence-corrected chi connectivity index (χ3v) is 4.26. The maximum Gasteiger partial charge on any atom is 0.251 e. The van der Waals surface area contributed by atoms with Crippen LogP contribution in [-0.4, -0.2) is 73.2 Å². The predicted molar refractivity (Wildman–Crippen MR) is 75.1 cm³/mol. The summed E-state index contributed by atoms with van der Waals surface area (Å²) in [6.45, 7) is 11.6. The van der Waals surface area contributed by atoms with Crippen molar-refractivity contribution in [1.82, 2.24) is 4.90 Å². The average molecular weight is 299 g/mol. The molecule has 0 N–H and O–H groups in total. The zero-order valence-electron chi connectivity index (χ0n) is 13.3. The highest BCUT2D eigenvalue weighted by atomic mass is 16.6. The molecule has 6 nitrogen and oxygen atoms in total. The van der Waals surface area contributed by atoms with Crippen LogP contribution < -0.4 is 0 Å². The second-order valence-corrected chi connectivity index (χ2v) is 7.36. The number of hydrogen-bond donors (Lipinski definition) is 0. The van der Waals surface area contributed by atoms with E-state index < -0.39 is 6.10 Å². The molecule has 0 aromatic rings. The van der Waals surface area contributed by atoms with Crippen LogP contribution in [-0.2, 0) is 23.7 Å². The summed E-state index contributed by atoms with van der Waals surface area (Å²) in [5.41, 5.74) is -0.602. The molecule has 3 fully saturated rings. The lowest BCUT2D eigenvalue weighted by Gasteiger charge is -2.29. The van der Waals surface area contributed by atoms with Crippen LogP contribution in [0.1, 0.15) is 27.7 Å². The van der Waals surface area contributed by atoms with Crippen LogP contribution in [0.4, 0.5) is 0 Å². The predicted octanol–water partition coefficient (Wildman–Crippen LogP) is 0.587. The summed E-state index contributed by atoms with van der Waals surface area (Å²) < 4.78 is 21.8. The molecule has 3 rings (SSSR count). The summed E-state index contributed by atoms with van der Waals surface area (Å²) in [6, 6.07) is 0. The third kappa shape index (κ3) is 3.94. The van der Waals surface area contributed by atoms with Crippen molar-refractivity contribution in [3.8, 4) is 0 Å². The summed E-state index contributed by atoms with van der Waals surface area (Å²) in [4.78, 5) is 14.5. The Morgan fingerprint density at radius 2 is 1.48 bits per heavy atom. The van der Waals surface area contributed by atoms with Gasteiger partial charge in [-0.05, 0) is 27.7 Å². The lowest BCUT2D eigenvalue weighted by atomic mass is 10.1. The first-order valence-corrected chi connectivity index (χ1v) is 7.55. The first-order chi connectivity index (χ1) is 9.73. The van der Waals surface area contributed by atoms with E-state index in [4.69, 9.17) is 18.9 Å². The first-order valence-electron chi connectivity index (χ1n) is 7.55. The monoisotopic (exact) mass is 299 g/mol. The highest BCUT2D eigenvalue weighted by Crippen LogP contribution is 2.32. The van der Waals surface area contributed by atoms with E-state index in [0.29, 0.717) is 39.5 Å². The number of nitrogens with zero attached hydrogens (tertiary/aromatic N) is 1. The van der Waals surface area contributed by atoms with Crippen molar-refractivity contribution in [3.63, 3.8) is 0 Å². The van der Waals surface area contributed by atoms with Gasteiger partial charge in [0, 0.05) is 0 Å². The van der Waals surface area contributed by atoms with E-state index in [-0.39, 0.29) is 22.7 Å². The standard InChI is InChI=1S/C15H25NO5/c1-11(18-7-15(4)10-21-15)12(17)16(5-13(2)8-19-13)6-14(3)9-20-14/h11H,5-10H2,1-4H3. The van der Waals surface area contributed by atoms with Gasteiger partial charge in [0.05, 0.1) is 39.5 Å². The smallest absolute Gasteiger partial charge is 0.251 e. The molecular weight excluding hydrogens is 274 g/mol. The van der Waals surface area contributed by atoms with E-state index >= 15 is 0 Å². The fraction of sp³-hybridized carbons (Fsp3) is 0.933. The molecule has 6 heteroatoms. The number of hydrogen-bond acceptors (Lipinski definition) is 5. The molecule has 0 aromatic carbocycles. The first kappa shape index (κ1) is 15.2. The Bertz CT molecular complexity index is 406. The van der Waals surface area contributed by atoms with Crippen molar-refractivity contribution < 1.29 is 23.7 Å². The maximum atomic E-state index is 12.6. The van der Waals surface area contributed by atoms with Crippen LogP contribution in [0, 0.1) is 0 Å². The lowest BCUT2D eigenvalue weighted by Crippen LogP contribution is -2.47. The lowest BCUT2D eigenvalue weighted by molar-refractivity contribution is -0.145. The van der Waals surface area contributed by atoms with Gasteiger partial charge in [0.25, 0.3) is 5.91 Å². The summed E-state index contributed by atoms with van der Waals surface area (Å²) in [5.74, 6) is -0.00676. The second-order valence-electron chi connectivity index (χ2n) is 7.36. The highest BCUT2D eigenvalue weighted by Gasteiger charge is 2.48. The van der Waals surface area contributed by atoms with Gasteiger partial charge in [0.2, 0.25) is 0 Å². The Morgan fingerprint density at radius 1 is 1.05 bits per heavy atom. The van der Waals surface area contributed by atoms with Crippen LogP contribution in [0.2, 0.25) is 0 Å². The van der Waals surface area contributed by atoms with Crippen molar-refractivity contribution in [2.45, 2.75) is 50.6 Å². The van der Waals surface area contributed by atoms with Crippen LogP contribution in [0.3, 0.4) is 0 Å². The van der Waals surface area contributed by atoms with Crippen LogP contribution in [0.15, 0.2) is 0 Å². The fourth-order valence-electron chi connectivity index (χ4n) is 2.28. The minimum atomic E-state index is -0.476. The molecule has 3 aliphatic heterocycles. The third-order valence-electron chi connectivity index (χ3n) is 4.26. The molecule has 3 saturated heterocycles. The molecule has 0 aliphatic carbocycles. The number of carbonyl (C=O) groups is 1. The van der Waals surface area contributed by atoms with Gasteiger partial charge >= 0.3 is 0 Å². The molecule has 0 aromatic heterocycles. The van der Waals surface area contributed by atoms with Crippen molar-refractivity contribution in [3.05, 3.63) is 0 Å². The van der Waals surface area contributed by atoms with Gasteiger partial charge in [-0.15, -0.1) is 0 Å². The Morgan fingerprint density at radius 3 is 1.86 bits per heavy atom. The molecule has 0 radical (unpaired) electrons. The molecule has 21 heavy (non-hydrogen) atoms. The minimum Gasteiger partial charge on any atom is -0.368 e. The summed E-state index contributed by atoms with van der Waals surface area (Å²) in [5, 5.41) is 0. The normalized spacial score (nSPS) is 41.5. The van der Waals surface area contributed by atoms with E-state index in [0.717, 1.165) is 0 Å². The summed E-state index contributed by atoms with van der Waals surface area (Å²) in [6.07, 6.45) is -0.476. The topological polar surface area (TPSA) is 67.1 Å². The number of ether oxygens (including phenoxy) is 4. The minimum absolute atomic E-state index is 0.00676. The molecule has 0 saturated carbocycles. The molecular formula is C15H25NO5. The molecule has 0 spiro atoms. The quantitative estimate of drug-likeness (QED) is 0.614. The Kier molecular flexibility index (Phi) is 3.56. The van der Waals surface area contributed by atoms with E-state index in [1.165, 1.54) is 0 Å². The van der Waals surface area contributed by atoms with E-state index in [2.05, 4.69) is 0 Å². The van der Waals surface area contributed by atoms with Crippen molar-refractivity contribution in [1.29, 1.82) is 0 Å². The van der Waals surface area contributed by atoms with Crippen LogP contribution in [0.25, 0.3) is 0 Å². The summed E-state index contributed by atoms with van der Waals surface area (Å²) >= 11 is 0. The Balaban J connectivity index is 1.56. The van der Waals surface area contributed by atoms with Gasteiger partial charge in [-0.3, -0.25) is 4.79 Å². The van der Waals surface area contributed by atoms with Crippen molar-refractivity contribution >= 4 is 5.91 Å². The van der Waals surface area contributed by atoms with Gasteiger partial charge in [-0.25, -0.2) is 0 Å². The average Bonchev–Trinajstić information content (AvgIpc) is 3.33. The van der Waals surface area contributed by atoms with E-state index in [1.807, 2.05) is 25.7 Å². The molecule has 4 atom stereocenters. The van der Waals surface area contributed by atoms with Gasteiger partial charge in [-0.1, -0.05) is 0 Å². The SMILES string of the molecule is CC(OCC1(C)CO1)C(=O)N(CC1(C)CO1)CC1(C)CO1. The number of epoxide rings is 3. The van der Waals surface area contributed by atoms with Gasteiger partial charge in [-0.2, -0.15) is 0 Å². The molecule has 1 amide bonds. The van der Waals surface area contributed by atoms with Gasteiger partial charge < -0.3 is 23.8 Å². The van der Waals surface area contributed by atoms with E-state index in [1.54, 1.807) is 6.92 Å². The summed E-state index contributed by atoms with van der Waals surface area (Å²) in [7, 11) is 0. The maximum absolute atomic E-state index is 12.6. The zero-order valence-corrected chi connectivity index (χ0v) is 13.3. The second kappa shape index (κ2) is 4.91. The van der Waals surface area contributed by atoms with Crippen LogP contribution >= 0.6 is 0 Å². The molecule has 4 unspecified atom stereocenters. The van der Waals surface area contributed by atoms with Crippen molar-refractivity contribution in [2.75, 3.05) is 39.5 Å². The Hall–Kier alpha value is -0.690. The molecule has 3 heterocycles. The van der Waals surface area contributed by atoms with Crippen LogP contribution in [0.5, 0.6) is 0 Å². The molecule has 3 aliphatic rings. The highest BCUT2D eigenvalue weighted by molar-refractivity contribution is 5.80. The molecule has 0 bridgehead atoms.